The molecule has 0 saturated carbocycles. The first-order valence-corrected chi connectivity index (χ1v) is 9.64. The van der Waals surface area contributed by atoms with Gasteiger partial charge in [0.15, 0.2) is 0 Å². The van der Waals surface area contributed by atoms with Gasteiger partial charge in [-0.1, -0.05) is 35.5 Å². The standard InChI is InChI=1S/C19H19N3O5S.Na/c1-9-11(12(21-27-9)10-7-5-4-6-8-10)15(23)20-13-16(24)22-14(18(25)26)19(2,3)28-17(13)22;/h4-8,13-14,17H,1-3H3,(H,20,23)(H,25,26);/q;+1/p-1/t13-,14+,17-;/m1./s1. The van der Waals surface area contributed by atoms with Crippen LogP contribution in [0.1, 0.15) is 30.0 Å². The Bertz CT molecular complexity index is 977. The minimum absolute atomic E-state index is 0. The molecule has 146 valence electrons. The summed E-state index contributed by atoms with van der Waals surface area (Å²) >= 11 is 1.34. The summed E-state index contributed by atoms with van der Waals surface area (Å²) in [5.74, 6) is -1.86. The molecular weight excluding hydrogens is 405 g/mol. The van der Waals surface area contributed by atoms with Gasteiger partial charge in [0.1, 0.15) is 28.4 Å². The Labute approximate surface area is 193 Å². The molecule has 10 heteroatoms. The van der Waals surface area contributed by atoms with Crippen LogP contribution in [0.5, 0.6) is 0 Å². The fourth-order valence-corrected chi connectivity index (χ4v) is 5.39. The van der Waals surface area contributed by atoms with Crippen LogP contribution in [0.4, 0.5) is 0 Å². The van der Waals surface area contributed by atoms with Crippen molar-refractivity contribution in [3.8, 4) is 11.3 Å². The van der Waals surface area contributed by atoms with Gasteiger partial charge in [0.2, 0.25) is 5.91 Å². The number of carboxylic acids is 1. The second kappa shape index (κ2) is 7.79. The number of hydrogen-bond donors (Lipinski definition) is 1. The number of thioether (sulfide) groups is 1. The smallest absolute Gasteiger partial charge is 0.548 e. The van der Waals surface area contributed by atoms with Gasteiger partial charge in [0, 0.05) is 10.3 Å². The number of aryl methyl sites for hydroxylation is 1. The number of nitrogens with zero attached hydrogens (tertiary/aromatic N) is 2. The molecule has 3 atom stereocenters. The second-order valence-electron chi connectivity index (χ2n) is 7.36. The number of benzene rings is 1. The molecule has 2 amide bonds. The van der Waals surface area contributed by atoms with Gasteiger partial charge in [0.25, 0.3) is 5.91 Å². The zero-order valence-corrected chi connectivity index (χ0v) is 19.3. The van der Waals surface area contributed by atoms with E-state index in [-0.39, 0.29) is 35.1 Å². The van der Waals surface area contributed by atoms with E-state index in [0.29, 0.717) is 11.5 Å². The first-order chi connectivity index (χ1) is 13.2. The number of aliphatic carboxylic acids is 1. The summed E-state index contributed by atoms with van der Waals surface area (Å²) in [5, 5.41) is 17.7. The van der Waals surface area contributed by atoms with Gasteiger partial charge in [-0.2, -0.15) is 0 Å². The molecule has 1 aromatic heterocycles. The molecule has 0 bridgehead atoms. The molecule has 0 aliphatic carbocycles. The van der Waals surface area contributed by atoms with Crippen LogP contribution in [0.15, 0.2) is 34.9 Å². The van der Waals surface area contributed by atoms with Gasteiger partial charge in [-0.25, -0.2) is 0 Å². The van der Waals surface area contributed by atoms with Crippen LogP contribution < -0.4 is 40.0 Å². The summed E-state index contributed by atoms with van der Waals surface area (Å²) in [6, 6.07) is 7.29. The molecule has 2 saturated heterocycles. The SMILES string of the molecule is Cc1onc(-c2ccccc2)c1C(=O)N[C@@H]1C(=O)N2[C@@H]1SC(C)(C)[C@@H]2C(=O)[O-].[Na+]. The Kier molecular flexibility index (Phi) is 5.88. The Morgan fingerprint density at radius 2 is 1.93 bits per heavy atom. The zero-order chi connectivity index (χ0) is 20.2. The molecule has 1 aromatic carbocycles. The van der Waals surface area contributed by atoms with Crippen LogP contribution in [0.3, 0.4) is 0 Å². The van der Waals surface area contributed by atoms with Crippen LogP contribution in [0.25, 0.3) is 11.3 Å². The number of aromatic nitrogens is 1. The molecule has 3 heterocycles. The maximum atomic E-state index is 12.9. The molecule has 29 heavy (non-hydrogen) atoms. The quantitative estimate of drug-likeness (QED) is 0.429. The largest absolute Gasteiger partial charge is 1.00 e. The van der Waals surface area contributed by atoms with E-state index in [0.717, 1.165) is 5.56 Å². The van der Waals surface area contributed by atoms with Crippen molar-refractivity contribution in [2.24, 2.45) is 0 Å². The van der Waals surface area contributed by atoms with Crippen molar-refractivity contribution in [3.63, 3.8) is 0 Å². The van der Waals surface area contributed by atoms with E-state index < -0.39 is 40.0 Å². The molecule has 2 aromatic rings. The summed E-state index contributed by atoms with van der Waals surface area (Å²) < 4.78 is 4.49. The maximum Gasteiger partial charge on any atom is 1.00 e. The minimum Gasteiger partial charge on any atom is -0.548 e. The Morgan fingerprint density at radius 3 is 2.55 bits per heavy atom. The second-order valence-corrected chi connectivity index (χ2v) is 9.13. The Hall–Kier alpha value is -1.81. The predicted molar refractivity (Wildman–Crippen MR) is 99.0 cm³/mol. The molecule has 4 rings (SSSR count). The number of carboxylic acid groups (broad SMARTS) is 1. The number of fused-ring (bicyclic) bond motifs is 1. The fraction of sp³-hybridized carbons (Fsp3) is 0.368. The topological polar surface area (TPSA) is 116 Å². The van der Waals surface area contributed by atoms with E-state index >= 15 is 0 Å². The van der Waals surface area contributed by atoms with Crippen LogP contribution in [0.2, 0.25) is 0 Å². The van der Waals surface area contributed by atoms with E-state index in [9.17, 15) is 19.5 Å². The third-order valence-corrected chi connectivity index (χ3v) is 6.66. The summed E-state index contributed by atoms with van der Waals surface area (Å²) in [7, 11) is 0. The van der Waals surface area contributed by atoms with Crippen molar-refractivity contribution in [1.82, 2.24) is 15.4 Å². The normalized spacial score (nSPS) is 24.3. The number of carbonyl (C=O) groups excluding carboxylic acids is 3. The number of carbonyl (C=O) groups is 3. The fourth-order valence-electron chi connectivity index (χ4n) is 3.77. The van der Waals surface area contributed by atoms with Crippen molar-refractivity contribution in [2.75, 3.05) is 0 Å². The van der Waals surface area contributed by atoms with Crippen LogP contribution in [-0.4, -0.2) is 50.0 Å². The Morgan fingerprint density at radius 1 is 1.28 bits per heavy atom. The maximum absolute atomic E-state index is 12.9. The van der Waals surface area contributed by atoms with Crippen LogP contribution >= 0.6 is 11.8 Å². The van der Waals surface area contributed by atoms with Crippen molar-refractivity contribution >= 4 is 29.5 Å². The molecule has 0 spiro atoms. The Balaban J connectivity index is 0.00000240. The summed E-state index contributed by atoms with van der Waals surface area (Å²) in [6.45, 7) is 5.13. The van der Waals surface area contributed by atoms with Crippen molar-refractivity contribution < 1.29 is 53.6 Å². The summed E-state index contributed by atoms with van der Waals surface area (Å²) in [6.07, 6.45) is 0. The van der Waals surface area contributed by atoms with Crippen LogP contribution in [-0.2, 0) is 9.59 Å². The summed E-state index contributed by atoms with van der Waals surface area (Å²) in [4.78, 5) is 38.2. The predicted octanol–water partition coefficient (Wildman–Crippen LogP) is -2.44. The van der Waals surface area contributed by atoms with Crippen molar-refractivity contribution in [1.29, 1.82) is 0 Å². The van der Waals surface area contributed by atoms with E-state index in [4.69, 9.17) is 4.52 Å². The van der Waals surface area contributed by atoms with Crippen molar-refractivity contribution in [3.05, 3.63) is 41.7 Å². The van der Waals surface area contributed by atoms with E-state index in [1.165, 1.54) is 16.7 Å². The molecule has 1 N–H and O–H groups in total. The molecule has 0 unspecified atom stereocenters. The van der Waals surface area contributed by atoms with Gasteiger partial charge in [-0.05, 0) is 20.8 Å². The minimum atomic E-state index is -1.29. The first kappa shape index (κ1) is 21.9. The van der Waals surface area contributed by atoms with Gasteiger partial charge < -0.3 is 24.6 Å². The average Bonchev–Trinajstić information content (AvgIpc) is 3.15. The van der Waals surface area contributed by atoms with Crippen LogP contribution in [0, 0.1) is 6.92 Å². The number of nitrogens with one attached hydrogen (secondary N) is 1. The monoisotopic (exact) mass is 423 g/mol. The third kappa shape index (κ3) is 3.50. The van der Waals surface area contributed by atoms with E-state index in [1.54, 1.807) is 20.8 Å². The number of hydrogen-bond acceptors (Lipinski definition) is 7. The zero-order valence-electron chi connectivity index (χ0n) is 16.5. The van der Waals surface area contributed by atoms with E-state index in [2.05, 4.69) is 10.5 Å². The first-order valence-electron chi connectivity index (χ1n) is 8.76. The third-order valence-electron chi connectivity index (χ3n) is 5.09. The summed E-state index contributed by atoms with van der Waals surface area (Å²) in [5.41, 5.74) is 1.38. The van der Waals surface area contributed by atoms with Gasteiger partial charge in [-0.15, -0.1) is 11.8 Å². The molecule has 2 aliphatic rings. The molecular formula is C19H18N3NaO5S. The van der Waals surface area contributed by atoms with Gasteiger partial charge in [0.05, 0.1) is 12.0 Å². The number of rotatable bonds is 4. The molecule has 2 aliphatic heterocycles. The number of amides is 2. The average molecular weight is 423 g/mol. The van der Waals surface area contributed by atoms with Gasteiger partial charge >= 0.3 is 29.6 Å². The van der Waals surface area contributed by atoms with Gasteiger partial charge in [-0.3, -0.25) is 9.59 Å². The van der Waals surface area contributed by atoms with E-state index in [1.807, 2.05) is 30.3 Å². The number of β-lactam (4-membered cyclic amide) rings is 1. The molecule has 0 radical (unpaired) electrons. The molecule has 2 fully saturated rings. The van der Waals surface area contributed by atoms with Crippen molar-refractivity contribution in [2.45, 2.75) is 43.0 Å². The molecule has 8 nitrogen and oxygen atoms in total.